The second kappa shape index (κ2) is 5.84. The Morgan fingerprint density at radius 2 is 1.59 bits per heavy atom. The van der Waals surface area contributed by atoms with Gasteiger partial charge in [-0.25, -0.2) is 0 Å². The van der Waals surface area contributed by atoms with Crippen molar-refractivity contribution in [2.75, 3.05) is 0 Å². The molecule has 2 aliphatic rings. The first-order chi connectivity index (χ1) is 13.1. The van der Waals surface area contributed by atoms with Crippen molar-refractivity contribution < 1.29 is 13.8 Å². The molecule has 0 aromatic heterocycles. The predicted octanol–water partition coefficient (Wildman–Crippen LogP) is 3.93. The Balaban J connectivity index is 1.89. The first kappa shape index (κ1) is 16.8. The maximum absolute atomic E-state index is 12.0. The maximum atomic E-state index is 12.0. The average Bonchev–Trinajstić information content (AvgIpc) is 3.19. The third kappa shape index (κ3) is 2.11. The molecule has 0 N–H and O–H groups in total. The third-order valence-corrected chi connectivity index (χ3v) is 10.8. The van der Waals surface area contributed by atoms with Gasteiger partial charge in [0, 0.05) is 0 Å². The van der Waals surface area contributed by atoms with E-state index in [1.165, 1.54) is 0 Å². The van der Waals surface area contributed by atoms with Crippen LogP contribution in [0.1, 0.15) is 30.6 Å². The Kier molecular flexibility index (Phi) is 3.64. The first-order valence-electron chi connectivity index (χ1n) is 9.23. The van der Waals surface area contributed by atoms with Gasteiger partial charge in [0.25, 0.3) is 0 Å². The van der Waals surface area contributed by atoms with Crippen LogP contribution >= 0.6 is 7.06 Å². The second-order valence-corrected chi connectivity index (χ2v) is 11.1. The van der Waals surface area contributed by atoms with Crippen molar-refractivity contribution in [3.8, 4) is 0 Å². The van der Waals surface area contributed by atoms with Crippen LogP contribution in [0.15, 0.2) is 78.9 Å². The minimum atomic E-state index is -3.53. The molecule has 0 saturated carbocycles. The van der Waals surface area contributed by atoms with Crippen molar-refractivity contribution in [2.24, 2.45) is 0 Å². The average molecular weight is 376 g/mol. The quantitative estimate of drug-likeness (QED) is 0.650. The van der Waals surface area contributed by atoms with Crippen molar-refractivity contribution in [3.63, 3.8) is 0 Å². The van der Waals surface area contributed by atoms with E-state index < -0.39 is 7.06 Å². The molecular weight excluding hydrogens is 355 g/mol. The van der Waals surface area contributed by atoms with E-state index in [1.807, 2.05) is 36.4 Å². The summed E-state index contributed by atoms with van der Waals surface area (Å²) in [6.45, 7) is 2.14. The fourth-order valence-corrected chi connectivity index (χ4v) is 10.1. The molecule has 0 saturated heterocycles. The molecule has 4 heteroatoms. The van der Waals surface area contributed by atoms with Crippen LogP contribution in [0.4, 0.5) is 0 Å². The van der Waals surface area contributed by atoms with E-state index in [0.717, 1.165) is 27.0 Å². The molecule has 1 atom stereocenters. The van der Waals surface area contributed by atoms with E-state index in [9.17, 15) is 4.79 Å². The summed E-state index contributed by atoms with van der Waals surface area (Å²) in [5, 5.41) is 3.30. The standard InChI is InChI=1S/C23H21O3P/c1-17(24)15-21-20-12-6-8-14-23(20)27(26-21,19-10-3-2-4-11-19)22-13-7-5-9-18(22)16-25-27/h2-14,21H,15-16H2,1H3. The summed E-state index contributed by atoms with van der Waals surface area (Å²) >= 11 is 0. The number of Topliss-reactive ketones (excluding diaryl/α,β-unsaturated/α-hetero) is 1. The first-order valence-corrected chi connectivity index (χ1v) is 11.3. The van der Waals surface area contributed by atoms with E-state index in [0.29, 0.717) is 13.0 Å². The zero-order valence-electron chi connectivity index (χ0n) is 15.2. The molecule has 3 aromatic rings. The van der Waals surface area contributed by atoms with Gasteiger partial charge >= 0.3 is 159 Å². The number of hydrogen-bond donors (Lipinski definition) is 0. The summed E-state index contributed by atoms with van der Waals surface area (Å²) in [7, 11) is -3.53. The van der Waals surface area contributed by atoms with Gasteiger partial charge in [-0.1, -0.05) is 0 Å². The van der Waals surface area contributed by atoms with Crippen molar-refractivity contribution in [3.05, 3.63) is 90.0 Å². The number of carbonyl (C=O) groups excluding carboxylic acids is 1. The molecule has 2 heterocycles. The fourth-order valence-electron chi connectivity index (χ4n) is 4.58. The zero-order chi connectivity index (χ0) is 18.5. The number of benzene rings is 3. The molecule has 1 unspecified atom stereocenters. The van der Waals surface area contributed by atoms with Crippen molar-refractivity contribution in [2.45, 2.75) is 26.1 Å². The molecule has 0 radical (unpaired) electrons. The van der Waals surface area contributed by atoms with Crippen LogP contribution in [-0.4, -0.2) is 5.78 Å². The van der Waals surface area contributed by atoms with Gasteiger partial charge in [-0.05, 0) is 0 Å². The van der Waals surface area contributed by atoms with Crippen LogP contribution < -0.4 is 15.9 Å². The Morgan fingerprint density at radius 3 is 2.37 bits per heavy atom. The molecule has 1 spiro atoms. The third-order valence-electron chi connectivity index (χ3n) is 5.64. The second-order valence-electron chi connectivity index (χ2n) is 7.25. The van der Waals surface area contributed by atoms with Crippen LogP contribution in [0.25, 0.3) is 0 Å². The van der Waals surface area contributed by atoms with Crippen LogP contribution in [0.5, 0.6) is 0 Å². The summed E-state index contributed by atoms with van der Waals surface area (Å²) in [5.74, 6) is 0.119. The fraction of sp³-hybridized carbons (Fsp3) is 0.174. The number of hydrogen-bond acceptors (Lipinski definition) is 3. The van der Waals surface area contributed by atoms with E-state index in [2.05, 4.69) is 42.5 Å². The summed E-state index contributed by atoms with van der Waals surface area (Å²) < 4.78 is 13.8. The molecule has 0 bridgehead atoms. The van der Waals surface area contributed by atoms with E-state index in [-0.39, 0.29) is 11.9 Å². The van der Waals surface area contributed by atoms with Gasteiger partial charge in [-0.3, -0.25) is 0 Å². The van der Waals surface area contributed by atoms with Gasteiger partial charge in [0.2, 0.25) is 0 Å². The summed E-state index contributed by atoms with van der Waals surface area (Å²) in [5.41, 5.74) is 2.24. The van der Waals surface area contributed by atoms with Gasteiger partial charge in [0.05, 0.1) is 0 Å². The van der Waals surface area contributed by atoms with E-state index in [1.54, 1.807) is 6.92 Å². The van der Waals surface area contributed by atoms with Gasteiger partial charge in [0.15, 0.2) is 0 Å². The van der Waals surface area contributed by atoms with Crippen molar-refractivity contribution >= 4 is 28.8 Å². The van der Waals surface area contributed by atoms with E-state index in [4.69, 9.17) is 9.05 Å². The molecule has 5 rings (SSSR count). The predicted molar refractivity (Wildman–Crippen MR) is 109 cm³/mol. The Labute approximate surface area is 159 Å². The van der Waals surface area contributed by atoms with Crippen LogP contribution in [0.3, 0.4) is 0 Å². The number of rotatable bonds is 3. The monoisotopic (exact) mass is 376 g/mol. The van der Waals surface area contributed by atoms with E-state index >= 15 is 0 Å². The van der Waals surface area contributed by atoms with Crippen molar-refractivity contribution in [1.29, 1.82) is 0 Å². The van der Waals surface area contributed by atoms with Crippen molar-refractivity contribution in [1.82, 2.24) is 0 Å². The summed E-state index contributed by atoms with van der Waals surface area (Å²) in [6.07, 6.45) is 0.0653. The van der Waals surface area contributed by atoms with Crippen LogP contribution in [0.2, 0.25) is 0 Å². The number of fused-ring (bicyclic) bond motifs is 4. The van der Waals surface area contributed by atoms with Gasteiger partial charge in [-0.2, -0.15) is 0 Å². The molecule has 136 valence electrons. The molecule has 0 aliphatic carbocycles. The molecule has 0 amide bonds. The molecule has 3 nitrogen and oxygen atoms in total. The van der Waals surface area contributed by atoms with Gasteiger partial charge in [-0.15, -0.1) is 0 Å². The Hall–Kier alpha value is -2.32. The van der Waals surface area contributed by atoms with Gasteiger partial charge in [0.1, 0.15) is 0 Å². The Morgan fingerprint density at radius 1 is 0.926 bits per heavy atom. The molecular formula is C23H21O3P. The zero-order valence-corrected chi connectivity index (χ0v) is 16.1. The summed E-state index contributed by atoms with van der Waals surface area (Å²) in [4.78, 5) is 12.0. The van der Waals surface area contributed by atoms with Crippen LogP contribution in [0, 0.1) is 0 Å². The minimum absolute atomic E-state index is 0.119. The molecule has 3 aromatic carbocycles. The van der Waals surface area contributed by atoms with Gasteiger partial charge < -0.3 is 0 Å². The normalized spacial score (nSPS) is 22.6. The number of carbonyl (C=O) groups is 1. The van der Waals surface area contributed by atoms with Crippen LogP contribution in [-0.2, 0) is 20.4 Å². The topological polar surface area (TPSA) is 35.5 Å². The number of ketones is 1. The molecule has 0 fully saturated rings. The SMILES string of the molecule is CC(=O)CC1OP2(c3ccccc3)(OCc3ccccc32)c2ccccc21. The molecule has 2 aliphatic heterocycles. The summed E-state index contributed by atoms with van der Waals surface area (Å²) in [6, 6.07) is 26.9. The molecule has 27 heavy (non-hydrogen) atoms. The Bertz CT molecular complexity index is 1050.